The van der Waals surface area contributed by atoms with E-state index in [0.717, 1.165) is 30.6 Å². The molecule has 4 aromatic heterocycles. The summed E-state index contributed by atoms with van der Waals surface area (Å²) in [6.45, 7) is 3.27. The van der Waals surface area contributed by atoms with Crippen molar-refractivity contribution in [2.45, 2.75) is 38.6 Å². The maximum atomic E-state index is 12.3. The van der Waals surface area contributed by atoms with Crippen LogP contribution in [0.1, 0.15) is 46.8 Å². The van der Waals surface area contributed by atoms with Crippen molar-refractivity contribution < 1.29 is 9.53 Å². The van der Waals surface area contributed by atoms with Gasteiger partial charge in [0.2, 0.25) is 0 Å². The standard InChI is InChI=1S/C27H28N8O2/c1-18-5-4-7-21(32-18)26-30-14-11-24(35-26)33-23-10-13-29-25(34-23)15-19-8-9-22(31-16-19)27(36)37-17-20-6-2-3-12-28-20/h4-5,7-11,13-14,16,20,28H,2-3,6,12,15,17H2,1H3,(H,29,30,33,34,35)/t20-/m0/s1. The fourth-order valence-corrected chi connectivity index (χ4v) is 4.05. The lowest BCUT2D eigenvalue weighted by atomic mass is 10.1. The molecule has 0 amide bonds. The molecule has 10 heteroatoms. The van der Waals surface area contributed by atoms with Crippen molar-refractivity contribution in [3.05, 3.63) is 83.8 Å². The average Bonchev–Trinajstić information content (AvgIpc) is 2.93. The van der Waals surface area contributed by atoms with Crippen LogP contribution in [0.4, 0.5) is 11.6 Å². The number of nitrogens with zero attached hydrogens (tertiary/aromatic N) is 6. The summed E-state index contributed by atoms with van der Waals surface area (Å²) < 4.78 is 5.43. The fraction of sp³-hybridized carbons (Fsp3) is 0.296. The highest BCUT2D eigenvalue weighted by molar-refractivity contribution is 5.87. The Morgan fingerprint density at radius 2 is 1.86 bits per heavy atom. The average molecular weight is 497 g/mol. The van der Waals surface area contributed by atoms with E-state index in [1.54, 1.807) is 36.8 Å². The normalized spacial score (nSPS) is 15.2. The number of hydrogen-bond donors (Lipinski definition) is 2. The van der Waals surface area contributed by atoms with Gasteiger partial charge in [0.1, 0.15) is 35.5 Å². The molecule has 0 bridgehead atoms. The number of nitrogens with one attached hydrogen (secondary N) is 2. The Bertz CT molecular complexity index is 1360. The molecule has 1 saturated heterocycles. The minimum Gasteiger partial charge on any atom is -0.459 e. The van der Waals surface area contributed by atoms with Crippen LogP contribution in [0, 0.1) is 6.92 Å². The van der Waals surface area contributed by atoms with Gasteiger partial charge in [0.05, 0.1) is 0 Å². The van der Waals surface area contributed by atoms with E-state index in [2.05, 4.69) is 40.5 Å². The highest BCUT2D eigenvalue weighted by atomic mass is 16.5. The Morgan fingerprint density at radius 1 is 1.00 bits per heavy atom. The Hall–Kier alpha value is -4.31. The lowest BCUT2D eigenvalue weighted by Gasteiger charge is -2.22. The van der Waals surface area contributed by atoms with Gasteiger partial charge >= 0.3 is 5.97 Å². The molecule has 0 aromatic carbocycles. The van der Waals surface area contributed by atoms with Crippen molar-refractivity contribution in [3.8, 4) is 11.5 Å². The summed E-state index contributed by atoms with van der Waals surface area (Å²) >= 11 is 0. The van der Waals surface area contributed by atoms with E-state index in [1.165, 1.54) is 6.42 Å². The summed E-state index contributed by atoms with van der Waals surface area (Å²) in [5.41, 5.74) is 2.78. The topological polar surface area (TPSA) is 128 Å². The Labute approximate surface area is 215 Å². The second-order valence-electron chi connectivity index (χ2n) is 8.89. The number of esters is 1. The van der Waals surface area contributed by atoms with Gasteiger partial charge < -0.3 is 15.4 Å². The number of carbonyl (C=O) groups excluding carboxylic acids is 1. The van der Waals surface area contributed by atoms with E-state index in [0.29, 0.717) is 47.7 Å². The molecule has 0 radical (unpaired) electrons. The molecule has 5 heterocycles. The largest absolute Gasteiger partial charge is 0.459 e. The number of piperidine rings is 1. The number of anilines is 2. The minimum absolute atomic E-state index is 0.225. The number of ether oxygens (including phenoxy) is 1. The fourth-order valence-electron chi connectivity index (χ4n) is 4.05. The lowest BCUT2D eigenvalue weighted by molar-refractivity contribution is 0.0444. The molecule has 0 aliphatic carbocycles. The highest BCUT2D eigenvalue weighted by Gasteiger charge is 2.16. The molecule has 1 aliphatic heterocycles. The number of hydrogen-bond acceptors (Lipinski definition) is 10. The summed E-state index contributed by atoms with van der Waals surface area (Å²) in [6.07, 6.45) is 8.84. The van der Waals surface area contributed by atoms with E-state index < -0.39 is 5.97 Å². The molecule has 1 atom stereocenters. The van der Waals surface area contributed by atoms with Crippen LogP contribution in [0.15, 0.2) is 61.1 Å². The number of carbonyl (C=O) groups is 1. The summed E-state index contributed by atoms with van der Waals surface area (Å²) in [7, 11) is 0. The third-order valence-electron chi connectivity index (χ3n) is 5.96. The van der Waals surface area contributed by atoms with E-state index >= 15 is 0 Å². The quantitative estimate of drug-likeness (QED) is 0.349. The zero-order valence-electron chi connectivity index (χ0n) is 20.6. The molecular formula is C27H28N8O2. The molecular weight excluding hydrogens is 468 g/mol. The van der Waals surface area contributed by atoms with Gasteiger partial charge in [-0.25, -0.2) is 34.7 Å². The summed E-state index contributed by atoms with van der Waals surface area (Å²) in [5.74, 6) is 1.94. The van der Waals surface area contributed by atoms with Crippen molar-refractivity contribution in [2.75, 3.05) is 18.5 Å². The Kier molecular flexibility index (Phi) is 7.66. The monoisotopic (exact) mass is 496 g/mol. The van der Waals surface area contributed by atoms with Gasteiger partial charge in [-0.1, -0.05) is 18.6 Å². The zero-order valence-corrected chi connectivity index (χ0v) is 20.6. The highest BCUT2D eigenvalue weighted by Crippen LogP contribution is 2.17. The second kappa shape index (κ2) is 11.6. The third kappa shape index (κ3) is 6.68. The van der Waals surface area contributed by atoms with Gasteiger partial charge in [-0.15, -0.1) is 0 Å². The van der Waals surface area contributed by atoms with E-state index in [-0.39, 0.29) is 6.04 Å². The first-order valence-electron chi connectivity index (χ1n) is 12.3. The number of aryl methyl sites for hydroxylation is 1. The molecule has 1 aliphatic rings. The molecule has 0 saturated carbocycles. The van der Waals surface area contributed by atoms with Gasteiger partial charge in [0, 0.05) is 36.7 Å². The maximum absolute atomic E-state index is 12.3. The predicted molar refractivity (Wildman–Crippen MR) is 138 cm³/mol. The molecule has 10 nitrogen and oxygen atoms in total. The number of rotatable bonds is 8. The van der Waals surface area contributed by atoms with E-state index in [9.17, 15) is 4.79 Å². The van der Waals surface area contributed by atoms with E-state index in [4.69, 9.17) is 4.74 Å². The van der Waals surface area contributed by atoms with Crippen molar-refractivity contribution in [3.63, 3.8) is 0 Å². The van der Waals surface area contributed by atoms with Crippen LogP contribution in [0.5, 0.6) is 0 Å². The predicted octanol–water partition coefficient (Wildman–Crippen LogP) is 3.67. The lowest BCUT2D eigenvalue weighted by Crippen LogP contribution is -2.38. The summed E-state index contributed by atoms with van der Waals surface area (Å²) in [5, 5.41) is 6.58. The van der Waals surface area contributed by atoms with Crippen molar-refractivity contribution in [1.29, 1.82) is 0 Å². The van der Waals surface area contributed by atoms with Crippen LogP contribution in [-0.2, 0) is 11.2 Å². The molecule has 4 aromatic rings. The van der Waals surface area contributed by atoms with E-state index in [1.807, 2.05) is 31.2 Å². The zero-order chi connectivity index (χ0) is 25.5. The summed E-state index contributed by atoms with van der Waals surface area (Å²) in [6, 6.07) is 13.0. The van der Waals surface area contributed by atoms with Crippen LogP contribution in [0.25, 0.3) is 11.5 Å². The first-order chi connectivity index (χ1) is 18.1. The van der Waals surface area contributed by atoms with Crippen LogP contribution in [-0.4, -0.2) is 55.1 Å². The SMILES string of the molecule is Cc1cccc(-c2nccc(Nc3ccnc(Cc4ccc(C(=O)OC[C@@H]5CCCCN5)nc4)n3)n2)n1. The molecule has 37 heavy (non-hydrogen) atoms. The van der Waals surface area contributed by atoms with Crippen molar-refractivity contribution in [2.24, 2.45) is 0 Å². The molecule has 0 unspecified atom stereocenters. The summed E-state index contributed by atoms with van der Waals surface area (Å²) in [4.78, 5) is 39.0. The van der Waals surface area contributed by atoms with Crippen LogP contribution in [0.2, 0.25) is 0 Å². The third-order valence-corrected chi connectivity index (χ3v) is 5.96. The van der Waals surface area contributed by atoms with Crippen LogP contribution in [0.3, 0.4) is 0 Å². The molecule has 0 spiro atoms. The Balaban J connectivity index is 1.20. The van der Waals surface area contributed by atoms with Gasteiger partial charge in [0.25, 0.3) is 0 Å². The second-order valence-corrected chi connectivity index (χ2v) is 8.89. The molecule has 1 fully saturated rings. The smallest absolute Gasteiger partial charge is 0.356 e. The van der Waals surface area contributed by atoms with Crippen LogP contribution < -0.4 is 10.6 Å². The first kappa shape index (κ1) is 24.4. The van der Waals surface area contributed by atoms with Gasteiger partial charge in [-0.05, 0) is 62.2 Å². The minimum atomic E-state index is -0.411. The molecule has 188 valence electrons. The van der Waals surface area contributed by atoms with Crippen molar-refractivity contribution in [1.82, 2.24) is 35.2 Å². The Morgan fingerprint density at radius 3 is 2.65 bits per heavy atom. The number of pyridine rings is 2. The maximum Gasteiger partial charge on any atom is 0.356 e. The van der Waals surface area contributed by atoms with Crippen LogP contribution >= 0.6 is 0 Å². The molecule has 2 N–H and O–H groups in total. The van der Waals surface area contributed by atoms with Gasteiger partial charge in [0.15, 0.2) is 5.82 Å². The molecule has 5 rings (SSSR count). The first-order valence-corrected chi connectivity index (χ1v) is 12.3. The van der Waals surface area contributed by atoms with Gasteiger partial charge in [-0.2, -0.15) is 0 Å². The van der Waals surface area contributed by atoms with Crippen molar-refractivity contribution >= 4 is 17.6 Å². The van der Waals surface area contributed by atoms with Gasteiger partial charge in [-0.3, -0.25) is 0 Å². The number of aromatic nitrogens is 6.